The van der Waals surface area contributed by atoms with Crippen molar-refractivity contribution in [1.82, 2.24) is 15.5 Å². The lowest BCUT2D eigenvalue weighted by Gasteiger charge is -2.36. The fourth-order valence-corrected chi connectivity index (χ4v) is 4.71. The second kappa shape index (κ2) is 12.5. The highest BCUT2D eigenvalue weighted by Gasteiger charge is 2.31. The molecule has 0 aromatic heterocycles. The third-order valence-electron chi connectivity index (χ3n) is 6.67. The summed E-state index contributed by atoms with van der Waals surface area (Å²) in [5.41, 5.74) is 2.04. The van der Waals surface area contributed by atoms with Gasteiger partial charge in [0.15, 0.2) is 0 Å². The predicted molar refractivity (Wildman–Crippen MR) is 141 cm³/mol. The average molecular weight is 496 g/mol. The van der Waals surface area contributed by atoms with Crippen molar-refractivity contribution in [3.8, 4) is 11.5 Å². The van der Waals surface area contributed by atoms with Crippen LogP contribution in [-0.2, 0) is 4.79 Å². The third-order valence-corrected chi connectivity index (χ3v) is 6.67. The largest absolute Gasteiger partial charge is 0.497 e. The first-order valence-electron chi connectivity index (χ1n) is 12.7. The Hall–Kier alpha value is -3.46. The van der Waals surface area contributed by atoms with Gasteiger partial charge in [-0.2, -0.15) is 0 Å². The molecule has 2 N–H and O–H groups in total. The fraction of sp³-hybridized carbons (Fsp3) is 0.481. The molecule has 9 nitrogen and oxygen atoms in total. The number of nitrogens with zero attached hydrogens (tertiary/aromatic N) is 3. The molecule has 2 fully saturated rings. The number of carbonyl (C=O) groups excluding carboxylic acids is 2. The first kappa shape index (κ1) is 25.6. The highest BCUT2D eigenvalue weighted by atomic mass is 16.5. The second-order valence-corrected chi connectivity index (χ2v) is 9.11. The average Bonchev–Trinajstić information content (AvgIpc) is 3.27. The number of benzene rings is 2. The van der Waals surface area contributed by atoms with Crippen LogP contribution in [0.2, 0.25) is 0 Å². The molecule has 0 bridgehead atoms. The minimum Gasteiger partial charge on any atom is -0.497 e. The molecule has 2 aliphatic heterocycles. The van der Waals surface area contributed by atoms with Crippen LogP contribution in [0.15, 0.2) is 48.5 Å². The summed E-state index contributed by atoms with van der Waals surface area (Å²) in [7, 11) is 1.68. The molecule has 0 radical (unpaired) electrons. The summed E-state index contributed by atoms with van der Waals surface area (Å²) >= 11 is 0. The summed E-state index contributed by atoms with van der Waals surface area (Å²) in [5.74, 6) is 1.66. The molecule has 36 heavy (non-hydrogen) atoms. The molecule has 2 heterocycles. The monoisotopic (exact) mass is 495 g/mol. The van der Waals surface area contributed by atoms with E-state index in [1.54, 1.807) is 12.0 Å². The predicted octanol–water partition coefficient (Wildman–Crippen LogP) is 2.71. The molecule has 2 aromatic carbocycles. The number of piperazine rings is 1. The first-order chi connectivity index (χ1) is 17.6. The van der Waals surface area contributed by atoms with Crippen molar-refractivity contribution in [3.63, 3.8) is 0 Å². The van der Waals surface area contributed by atoms with Gasteiger partial charge in [-0.3, -0.25) is 9.69 Å². The number of hydrogen-bond donors (Lipinski definition) is 2. The van der Waals surface area contributed by atoms with Crippen LogP contribution in [-0.4, -0.2) is 82.4 Å². The zero-order valence-electron chi connectivity index (χ0n) is 21.2. The van der Waals surface area contributed by atoms with Gasteiger partial charge in [-0.25, -0.2) is 4.79 Å². The molecule has 2 aromatic rings. The molecule has 0 spiro atoms. The zero-order valence-corrected chi connectivity index (χ0v) is 21.2. The van der Waals surface area contributed by atoms with Gasteiger partial charge in [-0.1, -0.05) is 0 Å². The van der Waals surface area contributed by atoms with Crippen LogP contribution in [0.1, 0.15) is 19.8 Å². The van der Waals surface area contributed by atoms with Crippen molar-refractivity contribution in [1.29, 1.82) is 0 Å². The molecule has 4 rings (SSSR count). The van der Waals surface area contributed by atoms with Gasteiger partial charge in [0.05, 0.1) is 19.8 Å². The van der Waals surface area contributed by atoms with Gasteiger partial charge in [-0.05, 0) is 68.4 Å². The van der Waals surface area contributed by atoms with Crippen molar-refractivity contribution in [3.05, 3.63) is 48.5 Å². The van der Waals surface area contributed by atoms with E-state index in [1.165, 1.54) is 5.69 Å². The number of ether oxygens (including phenoxy) is 2. The molecule has 9 heteroatoms. The van der Waals surface area contributed by atoms with Gasteiger partial charge in [0.2, 0.25) is 5.91 Å². The number of rotatable bonds is 10. The number of amides is 3. The third kappa shape index (κ3) is 6.81. The SMILES string of the molecule is CCOc1ccc(N2C[C@H](NC(=O)NCCCN3CCN(c4ccc(OC)cc4)CC3)CC2=O)cc1. The molecule has 2 saturated heterocycles. The van der Waals surface area contributed by atoms with Crippen molar-refractivity contribution in [2.45, 2.75) is 25.8 Å². The van der Waals surface area contributed by atoms with Crippen molar-refractivity contribution in [2.24, 2.45) is 0 Å². The van der Waals surface area contributed by atoms with Crippen LogP contribution in [0.25, 0.3) is 0 Å². The van der Waals surface area contributed by atoms with E-state index in [0.717, 1.165) is 56.3 Å². The van der Waals surface area contributed by atoms with Crippen LogP contribution in [0.3, 0.4) is 0 Å². The Balaban J connectivity index is 1.11. The summed E-state index contributed by atoms with van der Waals surface area (Å²) in [6.07, 6.45) is 1.19. The number of hydrogen-bond acceptors (Lipinski definition) is 6. The van der Waals surface area contributed by atoms with Crippen LogP contribution in [0, 0.1) is 0 Å². The van der Waals surface area contributed by atoms with Crippen LogP contribution in [0.5, 0.6) is 11.5 Å². The van der Waals surface area contributed by atoms with E-state index in [4.69, 9.17) is 9.47 Å². The number of anilines is 2. The molecule has 0 saturated carbocycles. The van der Waals surface area contributed by atoms with Crippen molar-refractivity contribution in [2.75, 3.05) is 69.3 Å². The Morgan fingerprint density at radius 2 is 1.64 bits per heavy atom. The number of methoxy groups -OCH3 is 1. The maximum Gasteiger partial charge on any atom is 0.315 e. The standard InChI is InChI=1S/C27H37N5O4/c1-3-36-25-11-7-23(8-12-25)32-20-21(19-26(32)33)29-27(34)28-13-4-14-30-15-17-31(18-16-30)22-5-9-24(35-2)10-6-22/h5-12,21H,3-4,13-20H2,1-2H3,(H2,28,29,34)/t21-/m1/s1. The fourth-order valence-electron chi connectivity index (χ4n) is 4.71. The molecule has 0 aliphatic carbocycles. The van der Waals surface area contributed by atoms with Gasteiger partial charge in [0.1, 0.15) is 11.5 Å². The molecule has 194 valence electrons. The van der Waals surface area contributed by atoms with Gasteiger partial charge >= 0.3 is 6.03 Å². The molecule has 1 atom stereocenters. The van der Waals surface area contributed by atoms with Gasteiger partial charge in [-0.15, -0.1) is 0 Å². The first-order valence-corrected chi connectivity index (χ1v) is 12.7. The smallest absolute Gasteiger partial charge is 0.315 e. The second-order valence-electron chi connectivity index (χ2n) is 9.11. The summed E-state index contributed by atoms with van der Waals surface area (Å²) in [6.45, 7) is 8.54. The Labute approximate surface area is 213 Å². The maximum absolute atomic E-state index is 12.5. The van der Waals surface area contributed by atoms with E-state index in [9.17, 15) is 9.59 Å². The lowest BCUT2D eigenvalue weighted by atomic mass is 10.2. The molecular formula is C27H37N5O4. The highest BCUT2D eigenvalue weighted by molar-refractivity contribution is 5.96. The lowest BCUT2D eigenvalue weighted by molar-refractivity contribution is -0.117. The van der Waals surface area contributed by atoms with Gasteiger partial charge in [0, 0.05) is 57.1 Å². The Morgan fingerprint density at radius 3 is 2.31 bits per heavy atom. The van der Waals surface area contributed by atoms with Crippen molar-refractivity contribution >= 4 is 23.3 Å². The number of carbonyl (C=O) groups is 2. The minimum atomic E-state index is -0.217. The zero-order chi connectivity index (χ0) is 25.3. The Bertz CT molecular complexity index is 990. The van der Waals surface area contributed by atoms with E-state index in [2.05, 4.69) is 32.6 Å². The minimum absolute atomic E-state index is 0.0123. The van der Waals surface area contributed by atoms with Gasteiger partial charge < -0.3 is 29.9 Å². The van der Waals surface area contributed by atoms with E-state index in [0.29, 0.717) is 26.1 Å². The van der Waals surface area contributed by atoms with Crippen LogP contribution >= 0.6 is 0 Å². The number of urea groups is 1. The highest BCUT2D eigenvalue weighted by Crippen LogP contribution is 2.24. The van der Waals surface area contributed by atoms with Gasteiger partial charge in [0.25, 0.3) is 0 Å². The summed E-state index contributed by atoms with van der Waals surface area (Å²) in [4.78, 5) is 31.4. The summed E-state index contributed by atoms with van der Waals surface area (Å²) < 4.78 is 10.7. The lowest BCUT2D eigenvalue weighted by Crippen LogP contribution is -2.47. The molecule has 3 amide bonds. The van der Waals surface area contributed by atoms with E-state index < -0.39 is 0 Å². The maximum atomic E-state index is 12.5. The Kier molecular flexibility index (Phi) is 8.89. The summed E-state index contributed by atoms with van der Waals surface area (Å²) in [6, 6.07) is 15.3. The number of nitrogens with one attached hydrogen (secondary N) is 2. The van der Waals surface area contributed by atoms with E-state index in [-0.39, 0.29) is 18.0 Å². The van der Waals surface area contributed by atoms with Crippen LogP contribution < -0.4 is 29.9 Å². The van der Waals surface area contributed by atoms with E-state index in [1.807, 2.05) is 43.3 Å². The quantitative estimate of drug-likeness (QED) is 0.493. The Morgan fingerprint density at radius 1 is 0.972 bits per heavy atom. The topological polar surface area (TPSA) is 86.4 Å². The summed E-state index contributed by atoms with van der Waals surface area (Å²) in [5, 5.41) is 5.88. The molecule has 0 unspecified atom stereocenters. The molecule has 2 aliphatic rings. The van der Waals surface area contributed by atoms with Crippen LogP contribution in [0.4, 0.5) is 16.2 Å². The molecular weight excluding hydrogens is 458 g/mol. The normalized spacial score (nSPS) is 18.3. The van der Waals surface area contributed by atoms with Crippen molar-refractivity contribution < 1.29 is 19.1 Å². The van der Waals surface area contributed by atoms with E-state index >= 15 is 0 Å².